The molecule has 0 radical (unpaired) electrons. The average molecular weight is 289 g/mol. The highest BCUT2D eigenvalue weighted by molar-refractivity contribution is 5.73. The Morgan fingerprint density at radius 3 is 2.40 bits per heavy atom. The summed E-state index contributed by atoms with van der Waals surface area (Å²) in [7, 11) is 0. The number of fused-ring (bicyclic) bond motifs is 1. The smallest absolute Gasteiger partial charge is 0.490 e. The number of benzene rings is 1. The lowest BCUT2D eigenvalue weighted by atomic mass is 10.1. The van der Waals surface area contributed by atoms with Gasteiger partial charge in [0.2, 0.25) is 0 Å². The van der Waals surface area contributed by atoms with Gasteiger partial charge >= 0.3 is 12.1 Å². The summed E-state index contributed by atoms with van der Waals surface area (Å²) in [6.07, 6.45) is -2.11. The quantitative estimate of drug-likeness (QED) is 0.878. The van der Waals surface area contributed by atoms with Crippen molar-refractivity contribution in [2.24, 2.45) is 0 Å². The highest BCUT2D eigenvalue weighted by Gasteiger charge is 2.38. The van der Waals surface area contributed by atoms with Gasteiger partial charge < -0.3 is 15.2 Å². The number of hydrogen-bond acceptors (Lipinski definition) is 3. The van der Waals surface area contributed by atoms with Crippen LogP contribution in [0.1, 0.15) is 24.0 Å². The van der Waals surface area contributed by atoms with E-state index in [2.05, 4.69) is 23.5 Å². The minimum Gasteiger partial charge on any atom is -0.490 e. The minimum absolute atomic E-state index is 0.507. The van der Waals surface area contributed by atoms with Gasteiger partial charge in [0, 0.05) is 13.1 Å². The van der Waals surface area contributed by atoms with Gasteiger partial charge in [0.05, 0.1) is 6.10 Å². The van der Waals surface area contributed by atoms with Crippen molar-refractivity contribution < 1.29 is 27.8 Å². The third-order valence-electron chi connectivity index (χ3n) is 2.88. The third-order valence-corrected chi connectivity index (χ3v) is 2.88. The molecule has 110 valence electrons. The summed E-state index contributed by atoms with van der Waals surface area (Å²) >= 11 is 0. The Balaban J connectivity index is 0.000000182. The average Bonchev–Trinajstić information content (AvgIpc) is 3.04. The minimum atomic E-state index is -5.08. The van der Waals surface area contributed by atoms with Crippen LogP contribution in [0.2, 0.25) is 0 Å². The molecule has 0 amide bonds. The van der Waals surface area contributed by atoms with Crippen LogP contribution >= 0.6 is 0 Å². The Kier molecular flexibility index (Phi) is 4.17. The van der Waals surface area contributed by atoms with Crippen LogP contribution in [0.25, 0.3) is 0 Å². The van der Waals surface area contributed by atoms with Crippen LogP contribution in [0.15, 0.2) is 18.2 Å². The Labute approximate surface area is 113 Å². The first-order chi connectivity index (χ1) is 9.36. The lowest BCUT2D eigenvalue weighted by Gasteiger charge is -2.05. The van der Waals surface area contributed by atoms with Gasteiger partial charge in [-0.2, -0.15) is 13.2 Å². The van der Waals surface area contributed by atoms with E-state index in [0.29, 0.717) is 6.10 Å². The molecule has 0 bridgehead atoms. The molecule has 1 heterocycles. The van der Waals surface area contributed by atoms with Crippen molar-refractivity contribution in [2.45, 2.75) is 38.2 Å². The molecule has 1 saturated carbocycles. The van der Waals surface area contributed by atoms with Crippen molar-refractivity contribution in [3.8, 4) is 5.75 Å². The monoisotopic (exact) mass is 289 g/mol. The lowest BCUT2D eigenvalue weighted by molar-refractivity contribution is -0.192. The number of aliphatic carboxylic acids is 1. The molecule has 1 aliphatic heterocycles. The van der Waals surface area contributed by atoms with Crippen LogP contribution in [0.3, 0.4) is 0 Å². The second-order valence-electron chi connectivity index (χ2n) is 4.65. The van der Waals surface area contributed by atoms with Crippen molar-refractivity contribution in [3.63, 3.8) is 0 Å². The Bertz CT molecular complexity index is 498. The zero-order valence-corrected chi connectivity index (χ0v) is 10.5. The largest absolute Gasteiger partial charge is 0.490 e. The summed E-state index contributed by atoms with van der Waals surface area (Å²) in [4.78, 5) is 8.90. The van der Waals surface area contributed by atoms with Crippen LogP contribution in [-0.4, -0.2) is 23.4 Å². The number of hydrogen-bond donors (Lipinski definition) is 2. The van der Waals surface area contributed by atoms with Gasteiger partial charge in [0.1, 0.15) is 5.75 Å². The van der Waals surface area contributed by atoms with Crippen LogP contribution in [0, 0.1) is 0 Å². The van der Waals surface area contributed by atoms with E-state index in [1.807, 2.05) is 0 Å². The predicted molar refractivity (Wildman–Crippen MR) is 64.3 cm³/mol. The molecular weight excluding hydrogens is 275 g/mol. The fourth-order valence-electron chi connectivity index (χ4n) is 1.72. The van der Waals surface area contributed by atoms with Crippen LogP contribution < -0.4 is 10.1 Å². The fraction of sp³-hybridized carbons (Fsp3) is 0.462. The number of carbonyl (C=O) groups is 1. The summed E-state index contributed by atoms with van der Waals surface area (Å²) < 4.78 is 37.5. The van der Waals surface area contributed by atoms with Gasteiger partial charge in [0.25, 0.3) is 0 Å². The van der Waals surface area contributed by atoms with Gasteiger partial charge in [-0.25, -0.2) is 4.79 Å². The molecule has 1 aromatic rings. The van der Waals surface area contributed by atoms with Crippen LogP contribution in [0.4, 0.5) is 13.2 Å². The number of rotatable bonds is 2. The molecule has 2 aliphatic rings. The summed E-state index contributed by atoms with van der Waals surface area (Å²) in [5.41, 5.74) is 2.82. The third kappa shape index (κ3) is 4.12. The van der Waals surface area contributed by atoms with E-state index in [1.165, 1.54) is 24.0 Å². The molecule has 1 fully saturated rings. The first kappa shape index (κ1) is 14.6. The zero-order chi connectivity index (χ0) is 14.8. The van der Waals surface area contributed by atoms with Crippen molar-refractivity contribution in [3.05, 3.63) is 29.3 Å². The number of carboxylic acids is 1. The standard InChI is InChI=1S/C11H13NO.C2HF3O2/c1-2-11(13-10-3-4-10)5-9-7-12-6-8(1)9;3-2(4,5)1(6)7/h1-2,5,10,12H,3-4,6-7H2;(H,6,7). The van der Waals surface area contributed by atoms with Gasteiger partial charge in [-0.1, -0.05) is 6.07 Å². The molecule has 2 N–H and O–H groups in total. The van der Waals surface area contributed by atoms with Crippen molar-refractivity contribution >= 4 is 5.97 Å². The first-order valence-electron chi connectivity index (χ1n) is 6.15. The molecule has 20 heavy (non-hydrogen) atoms. The lowest BCUT2D eigenvalue weighted by Crippen LogP contribution is -2.21. The maximum absolute atomic E-state index is 10.6. The van der Waals surface area contributed by atoms with Crippen LogP contribution in [0.5, 0.6) is 5.75 Å². The van der Waals surface area contributed by atoms with Gasteiger partial charge in [-0.15, -0.1) is 0 Å². The topological polar surface area (TPSA) is 58.6 Å². The molecule has 3 rings (SSSR count). The molecule has 1 aromatic carbocycles. The molecular formula is C13H14F3NO3. The summed E-state index contributed by atoms with van der Waals surface area (Å²) in [6.45, 7) is 2.01. The summed E-state index contributed by atoms with van der Waals surface area (Å²) in [5, 5.41) is 10.5. The highest BCUT2D eigenvalue weighted by Crippen LogP contribution is 2.29. The summed E-state index contributed by atoms with van der Waals surface area (Å²) in [5.74, 6) is -1.71. The molecule has 7 heteroatoms. The Hall–Kier alpha value is -1.76. The number of halogens is 3. The Morgan fingerprint density at radius 2 is 1.85 bits per heavy atom. The second kappa shape index (κ2) is 5.70. The summed E-state index contributed by atoms with van der Waals surface area (Å²) in [6, 6.07) is 6.44. The second-order valence-corrected chi connectivity index (χ2v) is 4.65. The van der Waals surface area contributed by atoms with Crippen molar-refractivity contribution in [1.82, 2.24) is 5.32 Å². The first-order valence-corrected chi connectivity index (χ1v) is 6.15. The van der Waals surface area contributed by atoms with Gasteiger partial charge in [-0.3, -0.25) is 0 Å². The normalized spacial score (nSPS) is 16.9. The van der Waals surface area contributed by atoms with E-state index in [-0.39, 0.29) is 0 Å². The molecule has 0 atom stereocenters. The van der Waals surface area contributed by atoms with E-state index in [1.54, 1.807) is 0 Å². The zero-order valence-electron chi connectivity index (χ0n) is 10.5. The number of carboxylic acid groups (broad SMARTS) is 1. The van der Waals surface area contributed by atoms with E-state index in [4.69, 9.17) is 14.6 Å². The van der Waals surface area contributed by atoms with Crippen LogP contribution in [-0.2, 0) is 17.9 Å². The molecule has 1 aliphatic carbocycles. The molecule has 0 saturated heterocycles. The molecule has 0 aromatic heterocycles. The maximum Gasteiger partial charge on any atom is 0.490 e. The van der Waals surface area contributed by atoms with Gasteiger partial charge in [0.15, 0.2) is 0 Å². The predicted octanol–water partition coefficient (Wildman–Crippen LogP) is 2.46. The van der Waals surface area contributed by atoms with E-state index < -0.39 is 12.1 Å². The van der Waals surface area contributed by atoms with Crippen molar-refractivity contribution in [1.29, 1.82) is 0 Å². The molecule has 4 nitrogen and oxygen atoms in total. The number of alkyl halides is 3. The Morgan fingerprint density at radius 1 is 1.25 bits per heavy atom. The van der Waals surface area contributed by atoms with Gasteiger partial charge in [-0.05, 0) is 36.1 Å². The van der Waals surface area contributed by atoms with E-state index >= 15 is 0 Å². The fourth-order valence-corrected chi connectivity index (χ4v) is 1.72. The number of ether oxygens (including phenoxy) is 1. The maximum atomic E-state index is 10.6. The van der Waals surface area contributed by atoms with Crippen molar-refractivity contribution in [2.75, 3.05) is 0 Å². The SMILES string of the molecule is O=C(O)C(F)(F)F.c1cc2c(cc1OC1CC1)CNC2. The van der Waals surface area contributed by atoms with E-state index in [0.717, 1.165) is 18.8 Å². The number of nitrogens with one attached hydrogen (secondary N) is 1. The molecule has 0 unspecified atom stereocenters. The van der Waals surface area contributed by atoms with E-state index in [9.17, 15) is 13.2 Å². The highest BCUT2D eigenvalue weighted by atomic mass is 19.4. The molecule has 0 spiro atoms.